The van der Waals surface area contributed by atoms with Crippen LogP contribution in [-0.2, 0) is 20.1 Å². The highest BCUT2D eigenvalue weighted by Crippen LogP contribution is 2.21. The first-order chi connectivity index (χ1) is 13.4. The molecule has 0 saturated carbocycles. The first-order valence-corrected chi connectivity index (χ1v) is 9.82. The summed E-state index contributed by atoms with van der Waals surface area (Å²) in [7, 11) is 1.85. The fraction of sp³-hybridized carbons (Fsp3) is 0.409. The Morgan fingerprint density at radius 1 is 1.11 bits per heavy atom. The maximum absolute atomic E-state index is 12.9. The van der Waals surface area contributed by atoms with Gasteiger partial charge < -0.3 is 5.32 Å². The Morgan fingerprint density at radius 2 is 1.75 bits per heavy atom. The summed E-state index contributed by atoms with van der Waals surface area (Å²) in [5, 5.41) is 8.27. The Morgan fingerprint density at radius 3 is 2.39 bits per heavy atom. The van der Waals surface area contributed by atoms with Gasteiger partial charge in [0.15, 0.2) is 5.65 Å². The summed E-state index contributed by atoms with van der Waals surface area (Å²) in [5.74, 6) is -0.0983. The molecule has 3 aromatic rings. The number of nitrogens with zero attached hydrogens (tertiary/aromatic N) is 4. The highest BCUT2D eigenvalue weighted by atomic mass is 16.1. The van der Waals surface area contributed by atoms with Gasteiger partial charge in [0.2, 0.25) is 0 Å². The third-order valence-corrected chi connectivity index (χ3v) is 5.12. The fourth-order valence-electron chi connectivity index (χ4n) is 3.49. The fourth-order valence-corrected chi connectivity index (χ4v) is 3.49. The molecule has 0 spiro atoms. The van der Waals surface area contributed by atoms with E-state index in [9.17, 15) is 4.79 Å². The second-order valence-corrected chi connectivity index (χ2v) is 7.18. The molecular weight excluding hydrogens is 350 g/mol. The number of aromatic nitrogens is 3. The lowest BCUT2D eigenvalue weighted by Crippen LogP contribution is -2.24. The van der Waals surface area contributed by atoms with Crippen LogP contribution in [-0.4, -0.2) is 38.7 Å². The number of fused-ring (bicyclic) bond motifs is 1. The van der Waals surface area contributed by atoms with Gasteiger partial charge in [-0.1, -0.05) is 38.1 Å². The Labute approximate surface area is 166 Å². The molecule has 0 atom stereocenters. The number of nitrogens with one attached hydrogen (secondary N) is 1. The highest BCUT2D eigenvalue weighted by molar-refractivity contribution is 6.06. The van der Waals surface area contributed by atoms with Crippen molar-refractivity contribution >= 4 is 16.9 Å². The number of carbonyl (C=O) groups excluding carboxylic acids is 1. The lowest BCUT2D eigenvalue weighted by Gasteiger charge is -2.18. The zero-order valence-corrected chi connectivity index (χ0v) is 17.4. The van der Waals surface area contributed by atoms with Crippen LogP contribution in [0.25, 0.3) is 11.0 Å². The minimum Gasteiger partial charge on any atom is -0.348 e. The van der Waals surface area contributed by atoms with Crippen molar-refractivity contribution in [2.45, 2.75) is 40.8 Å². The monoisotopic (exact) mass is 379 g/mol. The van der Waals surface area contributed by atoms with E-state index in [1.165, 1.54) is 5.56 Å². The largest absolute Gasteiger partial charge is 0.348 e. The molecule has 0 aliphatic carbocycles. The van der Waals surface area contributed by atoms with Crippen molar-refractivity contribution in [3.8, 4) is 0 Å². The summed E-state index contributed by atoms with van der Waals surface area (Å²) in [6.45, 7) is 11.7. The molecule has 0 bridgehead atoms. The SMILES string of the molecule is CCN(CC)Cc1ccc(CNC(=O)c2cc(C)nc3c2c(C)nn3C)cc1. The number of benzene rings is 1. The number of hydrogen-bond donors (Lipinski definition) is 1. The molecule has 148 valence electrons. The van der Waals surface area contributed by atoms with Gasteiger partial charge in [-0.15, -0.1) is 0 Å². The summed E-state index contributed by atoms with van der Waals surface area (Å²) in [6.07, 6.45) is 0. The van der Waals surface area contributed by atoms with Gasteiger partial charge in [0.05, 0.1) is 16.6 Å². The summed E-state index contributed by atoms with van der Waals surface area (Å²) in [6, 6.07) is 10.3. The molecule has 2 aromatic heterocycles. The molecule has 0 aliphatic heterocycles. The van der Waals surface area contributed by atoms with Gasteiger partial charge in [0.1, 0.15) is 0 Å². The Balaban J connectivity index is 1.72. The molecule has 1 aromatic carbocycles. The maximum Gasteiger partial charge on any atom is 0.252 e. The van der Waals surface area contributed by atoms with Gasteiger partial charge in [-0.05, 0) is 44.1 Å². The van der Waals surface area contributed by atoms with Crippen LogP contribution in [0.15, 0.2) is 30.3 Å². The quantitative estimate of drug-likeness (QED) is 0.684. The molecule has 28 heavy (non-hydrogen) atoms. The van der Waals surface area contributed by atoms with Crippen LogP contribution in [0, 0.1) is 13.8 Å². The number of rotatable bonds is 7. The number of pyridine rings is 1. The van der Waals surface area contributed by atoms with Crippen LogP contribution in [0.3, 0.4) is 0 Å². The summed E-state index contributed by atoms with van der Waals surface area (Å²) >= 11 is 0. The van der Waals surface area contributed by atoms with Gasteiger partial charge >= 0.3 is 0 Å². The second kappa shape index (κ2) is 8.52. The van der Waals surface area contributed by atoms with Crippen LogP contribution in [0.5, 0.6) is 0 Å². The average molecular weight is 380 g/mol. The highest BCUT2D eigenvalue weighted by Gasteiger charge is 2.17. The van der Waals surface area contributed by atoms with Gasteiger partial charge in [0.25, 0.3) is 5.91 Å². The predicted molar refractivity (Wildman–Crippen MR) is 112 cm³/mol. The Bertz CT molecular complexity index is 971. The van der Waals surface area contributed by atoms with E-state index in [4.69, 9.17) is 0 Å². The van der Waals surface area contributed by atoms with Crippen LogP contribution in [0.1, 0.15) is 46.7 Å². The Hall–Kier alpha value is -2.73. The van der Waals surface area contributed by atoms with Gasteiger partial charge in [-0.25, -0.2) is 4.98 Å². The zero-order valence-electron chi connectivity index (χ0n) is 17.4. The van der Waals surface area contributed by atoms with Crippen molar-refractivity contribution in [3.63, 3.8) is 0 Å². The maximum atomic E-state index is 12.9. The average Bonchev–Trinajstić information content (AvgIpc) is 2.98. The van der Waals surface area contributed by atoms with E-state index in [0.29, 0.717) is 12.1 Å². The lowest BCUT2D eigenvalue weighted by atomic mass is 10.1. The molecule has 1 N–H and O–H groups in total. The molecular formula is C22H29N5O. The molecule has 6 heteroatoms. The number of hydrogen-bond acceptors (Lipinski definition) is 4. The second-order valence-electron chi connectivity index (χ2n) is 7.18. The van der Waals surface area contributed by atoms with Crippen molar-refractivity contribution in [3.05, 3.63) is 58.4 Å². The molecule has 0 fully saturated rings. The topological polar surface area (TPSA) is 63.1 Å². The van der Waals surface area contributed by atoms with E-state index >= 15 is 0 Å². The molecule has 0 saturated heterocycles. The first-order valence-electron chi connectivity index (χ1n) is 9.82. The molecule has 2 heterocycles. The Kier molecular flexibility index (Phi) is 6.09. The van der Waals surface area contributed by atoms with E-state index in [-0.39, 0.29) is 5.91 Å². The van der Waals surface area contributed by atoms with Gasteiger partial charge in [-0.2, -0.15) is 5.10 Å². The van der Waals surface area contributed by atoms with E-state index in [2.05, 4.69) is 58.4 Å². The minimum atomic E-state index is -0.0983. The summed E-state index contributed by atoms with van der Waals surface area (Å²) < 4.78 is 1.73. The van der Waals surface area contributed by atoms with E-state index in [1.54, 1.807) is 4.68 Å². The molecule has 1 amide bonds. The molecule has 0 unspecified atom stereocenters. The van der Waals surface area contributed by atoms with E-state index in [1.807, 2.05) is 27.0 Å². The van der Waals surface area contributed by atoms with Crippen molar-refractivity contribution in [1.82, 2.24) is 25.0 Å². The van der Waals surface area contributed by atoms with Crippen LogP contribution < -0.4 is 5.32 Å². The van der Waals surface area contributed by atoms with E-state index in [0.717, 1.165) is 47.6 Å². The molecule has 6 nitrogen and oxygen atoms in total. The third-order valence-electron chi connectivity index (χ3n) is 5.12. The van der Waals surface area contributed by atoms with Crippen molar-refractivity contribution in [2.24, 2.45) is 7.05 Å². The minimum absolute atomic E-state index is 0.0983. The zero-order chi connectivity index (χ0) is 20.3. The van der Waals surface area contributed by atoms with Crippen LogP contribution in [0.2, 0.25) is 0 Å². The van der Waals surface area contributed by atoms with Gasteiger partial charge in [0, 0.05) is 25.8 Å². The standard InChI is InChI=1S/C22H29N5O/c1-6-27(7-2)14-18-10-8-17(9-11-18)13-23-22(28)19-12-15(3)24-21-20(19)16(4)25-26(21)5/h8-12H,6-7,13-14H2,1-5H3,(H,23,28). The smallest absolute Gasteiger partial charge is 0.252 e. The van der Waals surface area contributed by atoms with Crippen molar-refractivity contribution in [2.75, 3.05) is 13.1 Å². The predicted octanol–water partition coefficient (Wildman–Crippen LogP) is 3.36. The van der Waals surface area contributed by atoms with Crippen molar-refractivity contribution < 1.29 is 4.79 Å². The normalized spacial score (nSPS) is 11.4. The van der Waals surface area contributed by atoms with Crippen LogP contribution >= 0.6 is 0 Å². The lowest BCUT2D eigenvalue weighted by molar-refractivity contribution is 0.0952. The molecule has 0 aliphatic rings. The first kappa shape index (κ1) is 20.0. The summed E-state index contributed by atoms with van der Waals surface area (Å²) in [4.78, 5) is 19.8. The molecule has 3 rings (SSSR count). The van der Waals surface area contributed by atoms with Crippen LogP contribution in [0.4, 0.5) is 0 Å². The van der Waals surface area contributed by atoms with Gasteiger partial charge in [-0.3, -0.25) is 14.4 Å². The third kappa shape index (κ3) is 4.22. The summed E-state index contributed by atoms with van der Waals surface area (Å²) in [5.41, 5.74) is 5.37. The number of aryl methyl sites for hydroxylation is 3. The van der Waals surface area contributed by atoms with E-state index < -0.39 is 0 Å². The van der Waals surface area contributed by atoms with Crippen molar-refractivity contribution in [1.29, 1.82) is 0 Å². The number of carbonyl (C=O) groups is 1. The molecule has 0 radical (unpaired) electrons. The number of amides is 1.